The molecule has 0 spiro atoms. The third kappa shape index (κ3) is 3.96. The van der Waals surface area contributed by atoms with E-state index in [1.807, 2.05) is 18.1 Å². The molecule has 0 saturated carbocycles. The van der Waals surface area contributed by atoms with Crippen LogP contribution in [0.4, 0.5) is 0 Å². The molecule has 1 aliphatic rings. The fourth-order valence-electron chi connectivity index (χ4n) is 1.88. The Morgan fingerprint density at radius 1 is 1.31 bits per heavy atom. The zero-order chi connectivity index (χ0) is 12.1. The van der Waals surface area contributed by atoms with Gasteiger partial charge in [0.15, 0.2) is 0 Å². The number of rotatable bonds is 4. The SMILES string of the molecule is CSC(C)C(=O)N1CCN(CC(C)O)CC1. The molecule has 1 saturated heterocycles. The summed E-state index contributed by atoms with van der Waals surface area (Å²) in [5.41, 5.74) is 0. The second-order valence-corrected chi connectivity index (χ2v) is 5.53. The number of piperazine rings is 1. The van der Waals surface area contributed by atoms with E-state index in [4.69, 9.17) is 0 Å². The Kier molecular flexibility index (Phi) is 5.58. The van der Waals surface area contributed by atoms with Gasteiger partial charge in [0.25, 0.3) is 0 Å². The quantitative estimate of drug-likeness (QED) is 0.773. The Morgan fingerprint density at radius 2 is 1.88 bits per heavy atom. The average Bonchev–Trinajstić information content (AvgIpc) is 2.27. The lowest BCUT2D eigenvalue weighted by molar-refractivity contribution is -0.132. The first kappa shape index (κ1) is 13.8. The normalized spacial score (nSPS) is 21.9. The maximum atomic E-state index is 11.9. The van der Waals surface area contributed by atoms with Gasteiger partial charge in [-0.1, -0.05) is 0 Å². The first-order valence-electron chi connectivity index (χ1n) is 5.76. The first-order valence-corrected chi connectivity index (χ1v) is 7.05. The van der Waals surface area contributed by atoms with Crippen LogP contribution >= 0.6 is 11.8 Å². The van der Waals surface area contributed by atoms with Crippen molar-refractivity contribution in [3.63, 3.8) is 0 Å². The van der Waals surface area contributed by atoms with Crippen molar-refractivity contribution in [2.45, 2.75) is 25.2 Å². The molecule has 16 heavy (non-hydrogen) atoms. The fraction of sp³-hybridized carbons (Fsp3) is 0.909. The standard InChI is InChI=1S/C11H22N2O2S/c1-9(14)8-12-4-6-13(7-5-12)11(15)10(2)16-3/h9-10,14H,4-8H2,1-3H3. The smallest absolute Gasteiger partial charge is 0.235 e. The van der Waals surface area contributed by atoms with Gasteiger partial charge in [-0.05, 0) is 20.1 Å². The van der Waals surface area contributed by atoms with E-state index in [2.05, 4.69) is 4.90 Å². The number of thioether (sulfide) groups is 1. The molecule has 4 nitrogen and oxygen atoms in total. The van der Waals surface area contributed by atoms with Gasteiger partial charge in [-0.25, -0.2) is 0 Å². The highest BCUT2D eigenvalue weighted by Crippen LogP contribution is 2.11. The summed E-state index contributed by atoms with van der Waals surface area (Å²) in [7, 11) is 0. The van der Waals surface area contributed by atoms with Crippen molar-refractivity contribution in [1.29, 1.82) is 0 Å². The van der Waals surface area contributed by atoms with E-state index in [0.717, 1.165) is 26.2 Å². The van der Waals surface area contributed by atoms with Crippen LogP contribution in [-0.2, 0) is 4.79 Å². The van der Waals surface area contributed by atoms with Gasteiger partial charge in [0.1, 0.15) is 0 Å². The largest absolute Gasteiger partial charge is 0.392 e. The number of hydrogen-bond donors (Lipinski definition) is 1. The number of hydrogen-bond acceptors (Lipinski definition) is 4. The molecule has 0 aromatic rings. The number of β-amino-alcohol motifs (C(OH)–C–C–N with tert-alkyl or cyclic N) is 1. The van der Waals surface area contributed by atoms with Crippen LogP contribution in [0.5, 0.6) is 0 Å². The number of aliphatic hydroxyl groups excluding tert-OH is 1. The van der Waals surface area contributed by atoms with E-state index < -0.39 is 0 Å². The molecule has 0 aromatic carbocycles. The molecule has 1 amide bonds. The van der Waals surface area contributed by atoms with Crippen molar-refractivity contribution in [3.8, 4) is 0 Å². The second kappa shape index (κ2) is 6.47. The van der Waals surface area contributed by atoms with Crippen LogP contribution < -0.4 is 0 Å². The second-order valence-electron chi connectivity index (χ2n) is 4.35. The Labute approximate surface area is 102 Å². The minimum atomic E-state index is -0.285. The summed E-state index contributed by atoms with van der Waals surface area (Å²) in [6.45, 7) is 7.78. The fourth-order valence-corrected chi connectivity index (χ4v) is 2.23. The van der Waals surface area contributed by atoms with E-state index in [1.165, 1.54) is 0 Å². The van der Waals surface area contributed by atoms with Crippen LogP contribution in [0.2, 0.25) is 0 Å². The van der Waals surface area contributed by atoms with Crippen LogP contribution in [0.15, 0.2) is 0 Å². The van der Waals surface area contributed by atoms with Gasteiger partial charge in [0, 0.05) is 32.7 Å². The van der Waals surface area contributed by atoms with E-state index in [0.29, 0.717) is 6.54 Å². The van der Waals surface area contributed by atoms with Crippen LogP contribution in [0, 0.1) is 0 Å². The molecular formula is C11H22N2O2S. The number of nitrogens with zero attached hydrogens (tertiary/aromatic N) is 2. The summed E-state index contributed by atoms with van der Waals surface area (Å²) in [6, 6.07) is 0. The number of amides is 1. The van der Waals surface area contributed by atoms with Crippen LogP contribution in [0.25, 0.3) is 0 Å². The molecule has 1 heterocycles. The van der Waals surface area contributed by atoms with Crippen molar-refractivity contribution >= 4 is 17.7 Å². The Balaban J connectivity index is 2.34. The molecule has 0 aliphatic carbocycles. The molecule has 2 unspecified atom stereocenters. The van der Waals surface area contributed by atoms with Crippen molar-refractivity contribution in [2.24, 2.45) is 0 Å². The molecule has 1 fully saturated rings. The lowest BCUT2D eigenvalue weighted by atomic mass is 10.2. The topological polar surface area (TPSA) is 43.8 Å². The zero-order valence-electron chi connectivity index (χ0n) is 10.3. The van der Waals surface area contributed by atoms with Crippen molar-refractivity contribution in [1.82, 2.24) is 9.80 Å². The summed E-state index contributed by atoms with van der Waals surface area (Å²) in [5, 5.41) is 9.34. The highest BCUT2D eigenvalue weighted by atomic mass is 32.2. The third-order valence-electron chi connectivity index (χ3n) is 2.91. The summed E-state index contributed by atoms with van der Waals surface area (Å²) in [4.78, 5) is 16.0. The van der Waals surface area contributed by atoms with Gasteiger partial charge in [0.2, 0.25) is 5.91 Å². The summed E-state index contributed by atoms with van der Waals surface area (Å²) in [5.74, 6) is 0.240. The van der Waals surface area contributed by atoms with Gasteiger partial charge in [-0.2, -0.15) is 11.8 Å². The lowest BCUT2D eigenvalue weighted by Gasteiger charge is -2.36. The maximum absolute atomic E-state index is 11.9. The molecule has 2 atom stereocenters. The molecule has 1 aliphatic heterocycles. The summed E-state index contributed by atoms with van der Waals surface area (Å²) >= 11 is 1.59. The van der Waals surface area contributed by atoms with E-state index in [9.17, 15) is 9.90 Å². The summed E-state index contributed by atoms with van der Waals surface area (Å²) in [6.07, 6.45) is 1.68. The van der Waals surface area contributed by atoms with E-state index >= 15 is 0 Å². The van der Waals surface area contributed by atoms with Crippen LogP contribution in [0.1, 0.15) is 13.8 Å². The summed E-state index contributed by atoms with van der Waals surface area (Å²) < 4.78 is 0. The van der Waals surface area contributed by atoms with Gasteiger partial charge in [-0.15, -0.1) is 0 Å². The zero-order valence-corrected chi connectivity index (χ0v) is 11.2. The predicted molar refractivity (Wildman–Crippen MR) is 67.7 cm³/mol. The number of carbonyl (C=O) groups is 1. The molecular weight excluding hydrogens is 224 g/mol. The lowest BCUT2D eigenvalue weighted by Crippen LogP contribution is -2.51. The van der Waals surface area contributed by atoms with Gasteiger partial charge in [0.05, 0.1) is 11.4 Å². The number of carbonyl (C=O) groups excluding carboxylic acids is 1. The minimum Gasteiger partial charge on any atom is -0.392 e. The van der Waals surface area contributed by atoms with Crippen molar-refractivity contribution < 1.29 is 9.90 Å². The van der Waals surface area contributed by atoms with Crippen LogP contribution in [0.3, 0.4) is 0 Å². The minimum absolute atomic E-state index is 0.0586. The van der Waals surface area contributed by atoms with Gasteiger partial charge < -0.3 is 10.0 Å². The third-order valence-corrected chi connectivity index (χ3v) is 3.82. The molecule has 94 valence electrons. The maximum Gasteiger partial charge on any atom is 0.235 e. The molecule has 1 N–H and O–H groups in total. The molecule has 0 bridgehead atoms. The predicted octanol–water partition coefficient (Wildman–Crippen LogP) is 0.263. The Bertz CT molecular complexity index is 228. The van der Waals surface area contributed by atoms with Crippen LogP contribution in [-0.4, -0.2) is 71.1 Å². The number of aliphatic hydroxyl groups is 1. The van der Waals surface area contributed by atoms with E-state index in [-0.39, 0.29) is 17.3 Å². The highest BCUT2D eigenvalue weighted by molar-refractivity contribution is 7.99. The average molecular weight is 246 g/mol. The van der Waals surface area contributed by atoms with Crippen molar-refractivity contribution in [2.75, 3.05) is 39.0 Å². The molecule has 0 radical (unpaired) electrons. The molecule has 1 rings (SSSR count). The first-order chi connectivity index (χ1) is 7.54. The Morgan fingerprint density at radius 3 is 2.31 bits per heavy atom. The van der Waals surface area contributed by atoms with Gasteiger partial charge >= 0.3 is 0 Å². The van der Waals surface area contributed by atoms with E-state index in [1.54, 1.807) is 18.7 Å². The van der Waals surface area contributed by atoms with Gasteiger partial charge in [-0.3, -0.25) is 9.69 Å². The molecule has 0 aromatic heterocycles. The highest BCUT2D eigenvalue weighted by Gasteiger charge is 2.24. The van der Waals surface area contributed by atoms with Crippen molar-refractivity contribution in [3.05, 3.63) is 0 Å². The monoisotopic (exact) mass is 246 g/mol. The molecule has 5 heteroatoms. The Hall–Kier alpha value is -0.260.